The molecule has 106 valence electrons. The lowest BCUT2D eigenvalue weighted by Crippen LogP contribution is -2.59. The van der Waals surface area contributed by atoms with Crippen LogP contribution in [0.5, 0.6) is 0 Å². The van der Waals surface area contributed by atoms with E-state index in [9.17, 15) is 0 Å². The van der Waals surface area contributed by atoms with E-state index in [-0.39, 0.29) is 0 Å². The van der Waals surface area contributed by atoms with Gasteiger partial charge in [-0.25, -0.2) is 0 Å². The number of hydrogen-bond donors (Lipinski definition) is 1. The highest BCUT2D eigenvalue weighted by Crippen LogP contribution is 2.37. The third-order valence-electron chi connectivity index (χ3n) is 5.31. The molecule has 0 aromatic carbocycles. The third-order valence-corrected chi connectivity index (χ3v) is 5.31. The van der Waals surface area contributed by atoms with E-state index in [1.54, 1.807) is 0 Å². The summed E-state index contributed by atoms with van der Waals surface area (Å²) < 4.78 is 0. The van der Waals surface area contributed by atoms with Crippen molar-refractivity contribution in [3.63, 3.8) is 0 Å². The predicted molar refractivity (Wildman–Crippen MR) is 77.7 cm³/mol. The summed E-state index contributed by atoms with van der Waals surface area (Å²) in [7, 11) is 4.42. The molecule has 3 heteroatoms. The monoisotopic (exact) mass is 253 g/mol. The maximum Gasteiger partial charge on any atom is 0.0334 e. The topological polar surface area (TPSA) is 32.5 Å². The van der Waals surface area contributed by atoms with E-state index in [4.69, 9.17) is 5.73 Å². The van der Waals surface area contributed by atoms with E-state index in [2.05, 4.69) is 30.8 Å². The Bertz CT molecular complexity index is 258. The van der Waals surface area contributed by atoms with E-state index in [1.807, 2.05) is 0 Å². The normalized spacial score (nSPS) is 36.2. The van der Waals surface area contributed by atoms with Crippen LogP contribution in [0.4, 0.5) is 0 Å². The van der Waals surface area contributed by atoms with Crippen LogP contribution in [0.2, 0.25) is 0 Å². The maximum absolute atomic E-state index is 6.17. The lowest BCUT2D eigenvalue weighted by Gasteiger charge is -2.50. The molecule has 1 aliphatic heterocycles. The molecule has 2 aliphatic rings. The van der Waals surface area contributed by atoms with Crippen molar-refractivity contribution in [1.29, 1.82) is 0 Å². The van der Waals surface area contributed by atoms with E-state index in [1.165, 1.54) is 51.6 Å². The lowest BCUT2D eigenvalue weighted by atomic mass is 9.74. The Morgan fingerprint density at radius 2 is 1.89 bits per heavy atom. The fourth-order valence-electron chi connectivity index (χ4n) is 4.09. The highest BCUT2D eigenvalue weighted by Gasteiger charge is 2.40. The summed E-state index contributed by atoms with van der Waals surface area (Å²) in [6, 6.07) is 0.775. The first-order valence-electron chi connectivity index (χ1n) is 7.69. The Balaban J connectivity index is 1.97. The molecule has 2 unspecified atom stereocenters. The average Bonchev–Trinajstić information content (AvgIpc) is 2.38. The Morgan fingerprint density at radius 1 is 1.22 bits per heavy atom. The number of rotatable bonds is 3. The second-order valence-electron chi connectivity index (χ2n) is 6.81. The van der Waals surface area contributed by atoms with Gasteiger partial charge in [-0.05, 0) is 45.7 Å². The van der Waals surface area contributed by atoms with Gasteiger partial charge in [0.1, 0.15) is 0 Å². The van der Waals surface area contributed by atoms with E-state index < -0.39 is 0 Å². The minimum absolute atomic E-state index is 0.328. The second-order valence-corrected chi connectivity index (χ2v) is 6.81. The summed E-state index contributed by atoms with van der Waals surface area (Å²) in [6.07, 6.45) is 8.02. The van der Waals surface area contributed by atoms with Crippen molar-refractivity contribution in [2.24, 2.45) is 11.7 Å². The fraction of sp³-hybridized carbons (Fsp3) is 1.00. The summed E-state index contributed by atoms with van der Waals surface area (Å²) >= 11 is 0. The van der Waals surface area contributed by atoms with E-state index in [0.29, 0.717) is 5.54 Å². The molecule has 0 amide bonds. The molecule has 0 radical (unpaired) electrons. The van der Waals surface area contributed by atoms with Crippen molar-refractivity contribution < 1.29 is 0 Å². The van der Waals surface area contributed by atoms with Gasteiger partial charge < -0.3 is 10.6 Å². The summed E-state index contributed by atoms with van der Waals surface area (Å²) in [5, 5.41) is 0. The van der Waals surface area contributed by atoms with Gasteiger partial charge in [0.2, 0.25) is 0 Å². The smallest absolute Gasteiger partial charge is 0.0334 e. The summed E-state index contributed by atoms with van der Waals surface area (Å²) in [5.41, 5.74) is 6.50. The molecular weight excluding hydrogens is 222 g/mol. The van der Waals surface area contributed by atoms with Crippen molar-refractivity contribution in [1.82, 2.24) is 9.80 Å². The van der Waals surface area contributed by atoms with Gasteiger partial charge in [0.05, 0.1) is 0 Å². The molecule has 1 aliphatic carbocycles. The molecule has 3 nitrogen and oxygen atoms in total. The molecule has 1 heterocycles. The number of nitrogens with zero attached hydrogens (tertiary/aromatic N) is 2. The van der Waals surface area contributed by atoms with Crippen LogP contribution >= 0.6 is 0 Å². The Kier molecular flexibility index (Phi) is 4.68. The van der Waals surface area contributed by atoms with Crippen LogP contribution in [0.3, 0.4) is 0 Å². The highest BCUT2D eigenvalue weighted by atomic mass is 15.2. The van der Waals surface area contributed by atoms with Gasteiger partial charge in [-0.15, -0.1) is 0 Å². The van der Waals surface area contributed by atoms with Gasteiger partial charge >= 0.3 is 0 Å². The number of nitrogens with two attached hydrogens (primary N) is 1. The van der Waals surface area contributed by atoms with Crippen LogP contribution in [0.15, 0.2) is 0 Å². The van der Waals surface area contributed by atoms with Crippen LogP contribution in [-0.4, -0.2) is 55.1 Å². The molecule has 1 saturated heterocycles. The highest BCUT2D eigenvalue weighted by molar-refractivity contribution is 4.97. The van der Waals surface area contributed by atoms with Crippen molar-refractivity contribution >= 4 is 0 Å². The molecule has 0 aromatic heterocycles. The zero-order chi connectivity index (χ0) is 13.2. The fourth-order valence-corrected chi connectivity index (χ4v) is 4.09. The Morgan fingerprint density at radius 3 is 2.39 bits per heavy atom. The van der Waals surface area contributed by atoms with Crippen LogP contribution in [0, 0.1) is 5.92 Å². The first-order chi connectivity index (χ1) is 8.57. The van der Waals surface area contributed by atoms with Gasteiger partial charge in [-0.3, -0.25) is 4.90 Å². The van der Waals surface area contributed by atoms with Crippen molar-refractivity contribution in [2.75, 3.05) is 33.7 Å². The minimum Gasteiger partial charge on any atom is -0.329 e. The molecule has 2 rings (SSSR count). The molecule has 2 fully saturated rings. The summed E-state index contributed by atoms with van der Waals surface area (Å²) in [6.45, 7) is 5.74. The number of hydrogen-bond acceptors (Lipinski definition) is 3. The van der Waals surface area contributed by atoms with Gasteiger partial charge in [0.15, 0.2) is 0 Å². The number of piperidine rings is 1. The molecule has 2 N–H and O–H groups in total. The average molecular weight is 253 g/mol. The third kappa shape index (κ3) is 2.89. The molecule has 0 aromatic rings. The van der Waals surface area contributed by atoms with Gasteiger partial charge in [-0.1, -0.05) is 19.8 Å². The van der Waals surface area contributed by atoms with Gasteiger partial charge in [0.25, 0.3) is 0 Å². The van der Waals surface area contributed by atoms with Crippen LogP contribution in [0.25, 0.3) is 0 Å². The van der Waals surface area contributed by atoms with E-state index >= 15 is 0 Å². The molecule has 0 bridgehead atoms. The first kappa shape index (κ1) is 14.3. The van der Waals surface area contributed by atoms with E-state index in [0.717, 1.165) is 18.5 Å². The molecule has 1 saturated carbocycles. The van der Waals surface area contributed by atoms with Crippen molar-refractivity contribution in [3.05, 3.63) is 0 Å². The van der Waals surface area contributed by atoms with Crippen LogP contribution in [-0.2, 0) is 0 Å². The molecule has 18 heavy (non-hydrogen) atoms. The first-order valence-corrected chi connectivity index (χ1v) is 7.69. The number of likely N-dealkylation sites (tertiary alicyclic amines) is 1. The van der Waals surface area contributed by atoms with Gasteiger partial charge in [-0.2, -0.15) is 0 Å². The zero-order valence-corrected chi connectivity index (χ0v) is 12.5. The maximum atomic E-state index is 6.17. The predicted octanol–water partition coefficient (Wildman–Crippen LogP) is 1.92. The molecular formula is C15H31N3. The quantitative estimate of drug-likeness (QED) is 0.834. The summed E-state index contributed by atoms with van der Waals surface area (Å²) in [4.78, 5) is 5.11. The second kappa shape index (κ2) is 5.89. The zero-order valence-electron chi connectivity index (χ0n) is 12.5. The lowest BCUT2D eigenvalue weighted by molar-refractivity contribution is 0.00751. The minimum atomic E-state index is 0.328. The Labute approximate surface area is 113 Å². The standard InChI is InChI=1S/C15H31N3/c1-13-5-4-8-15(11-13,12-16)18-9-6-14(7-10-18)17(2)3/h13-14H,4-12,16H2,1-3H3. The summed E-state index contributed by atoms with van der Waals surface area (Å²) in [5.74, 6) is 0.855. The Hall–Kier alpha value is -0.120. The van der Waals surface area contributed by atoms with Gasteiger partial charge in [0, 0.05) is 31.2 Å². The van der Waals surface area contributed by atoms with Crippen molar-refractivity contribution in [2.45, 2.75) is 57.0 Å². The van der Waals surface area contributed by atoms with Crippen molar-refractivity contribution in [3.8, 4) is 0 Å². The molecule has 2 atom stereocenters. The van der Waals surface area contributed by atoms with Crippen LogP contribution < -0.4 is 5.73 Å². The SMILES string of the molecule is CC1CCCC(CN)(N2CCC(N(C)C)CC2)C1. The largest absolute Gasteiger partial charge is 0.329 e. The molecule has 0 spiro atoms. The van der Waals surface area contributed by atoms with Crippen LogP contribution in [0.1, 0.15) is 45.4 Å².